The molecule has 1 unspecified atom stereocenters. The van der Waals surface area contributed by atoms with Gasteiger partial charge in [-0.1, -0.05) is 26.0 Å². The largest absolute Gasteiger partial charge is 0.480 e. The lowest BCUT2D eigenvalue weighted by Gasteiger charge is -2.21. The molecule has 0 radical (unpaired) electrons. The van der Waals surface area contributed by atoms with Gasteiger partial charge < -0.3 is 10.4 Å². The molecule has 0 aliphatic carbocycles. The zero-order valence-electron chi connectivity index (χ0n) is 14.3. The van der Waals surface area contributed by atoms with Crippen molar-refractivity contribution in [1.29, 1.82) is 0 Å². The van der Waals surface area contributed by atoms with Crippen molar-refractivity contribution in [3.05, 3.63) is 48.3 Å². The summed E-state index contributed by atoms with van der Waals surface area (Å²) in [6, 6.07) is 8.29. The minimum Gasteiger partial charge on any atom is -0.480 e. The van der Waals surface area contributed by atoms with Gasteiger partial charge in [0.2, 0.25) is 5.91 Å². The van der Waals surface area contributed by atoms with Crippen LogP contribution in [0.3, 0.4) is 0 Å². The first-order valence-electron chi connectivity index (χ1n) is 8.15. The third-order valence-electron chi connectivity index (χ3n) is 4.10. The van der Waals surface area contributed by atoms with Gasteiger partial charge in [0.15, 0.2) is 0 Å². The molecular weight excluding hydrogens is 338 g/mol. The molecule has 7 heteroatoms. The molecule has 0 bridgehead atoms. The number of nitrogens with one attached hydrogen (secondary N) is 1. The fraction of sp³-hybridized carbons (Fsp3) is 0.389. The quantitative estimate of drug-likeness (QED) is 0.629. The first-order valence-corrected chi connectivity index (χ1v) is 8.78. The van der Waals surface area contributed by atoms with E-state index >= 15 is 0 Å². The molecule has 0 aliphatic heterocycles. The van der Waals surface area contributed by atoms with Crippen LogP contribution in [0, 0.1) is 11.8 Å². The van der Waals surface area contributed by atoms with Gasteiger partial charge in [0.1, 0.15) is 6.04 Å². The summed E-state index contributed by atoms with van der Waals surface area (Å²) in [6.07, 6.45) is 3.74. The Balaban J connectivity index is 2.06. The van der Waals surface area contributed by atoms with Crippen LogP contribution in [-0.4, -0.2) is 38.6 Å². The predicted molar refractivity (Wildman–Crippen MR) is 99.0 cm³/mol. The highest BCUT2D eigenvalue weighted by Crippen LogP contribution is 2.14. The fourth-order valence-corrected chi connectivity index (χ4v) is 3.10. The maximum absolute atomic E-state index is 12.3. The van der Waals surface area contributed by atoms with Gasteiger partial charge in [-0.15, -0.1) is 0 Å². The Morgan fingerprint density at radius 2 is 1.96 bits per heavy atom. The van der Waals surface area contributed by atoms with E-state index in [-0.39, 0.29) is 24.2 Å². The minimum atomic E-state index is -1.05. The number of carbonyl (C=O) groups is 2. The summed E-state index contributed by atoms with van der Waals surface area (Å²) in [7, 11) is 0. The van der Waals surface area contributed by atoms with Crippen LogP contribution < -0.4 is 5.32 Å². The molecule has 0 spiro atoms. The van der Waals surface area contributed by atoms with Crippen molar-refractivity contribution in [3.8, 4) is 5.69 Å². The zero-order valence-corrected chi connectivity index (χ0v) is 15.2. The Labute approximate surface area is 152 Å². The molecule has 6 nitrogen and oxygen atoms in total. The number of hydrogen-bond acceptors (Lipinski definition) is 4. The van der Waals surface area contributed by atoms with Crippen LogP contribution in [0.4, 0.5) is 0 Å². The van der Waals surface area contributed by atoms with Gasteiger partial charge >= 0.3 is 5.97 Å². The van der Waals surface area contributed by atoms with Crippen molar-refractivity contribution in [2.75, 3.05) is 5.75 Å². The number of nitrogens with zero attached hydrogens (tertiary/aromatic N) is 2. The van der Waals surface area contributed by atoms with E-state index in [2.05, 4.69) is 23.0 Å². The van der Waals surface area contributed by atoms with Crippen molar-refractivity contribution in [1.82, 2.24) is 15.1 Å². The third-order valence-corrected chi connectivity index (χ3v) is 4.49. The van der Waals surface area contributed by atoms with Crippen LogP contribution >= 0.6 is 12.6 Å². The monoisotopic (exact) mass is 361 g/mol. The first-order chi connectivity index (χ1) is 11.9. The number of carboxylic acids is 1. The lowest BCUT2D eigenvalue weighted by Crippen LogP contribution is -2.46. The highest BCUT2D eigenvalue weighted by atomic mass is 32.1. The molecule has 1 amide bonds. The van der Waals surface area contributed by atoms with Gasteiger partial charge in [-0.2, -0.15) is 17.7 Å². The SMILES string of the molecule is CC(C)[C@H](CS)C(=O)NC(Cc1ccc(-n2cccn2)cc1)C(=O)O. The van der Waals surface area contributed by atoms with Gasteiger partial charge in [0, 0.05) is 30.5 Å². The van der Waals surface area contributed by atoms with Gasteiger partial charge in [-0.05, 0) is 29.7 Å². The van der Waals surface area contributed by atoms with Gasteiger partial charge in [0.05, 0.1) is 5.69 Å². The Kier molecular flexibility index (Phi) is 6.64. The molecule has 134 valence electrons. The Morgan fingerprint density at radius 1 is 1.28 bits per heavy atom. The topological polar surface area (TPSA) is 84.2 Å². The van der Waals surface area contributed by atoms with Gasteiger partial charge in [0.25, 0.3) is 0 Å². The first kappa shape index (κ1) is 19.1. The molecule has 25 heavy (non-hydrogen) atoms. The van der Waals surface area contributed by atoms with E-state index in [0.717, 1.165) is 11.3 Å². The number of hydrogen-bond donors (Lipinski definition) is 3. The smallest absolute Gasteiger partial charge is 0.326 e. The molecule has 0 saturated heterocycles. The highest BCUT2D eigenvalue weighted by Gasteiger charge is 2.26. The molecule has 0 fully saturated rings. The van der Waals surface area contributed by atoms with Gasteiger partial charge in [-0.25, -0.2) is 9.48 Å². The number of aromatic nitrogens is 2. The summed E-state index contributed by atoms with van der Waals surface area (Å²) in [5.41, 5.74) is 1.72. The van der Waals surface area contributed by atoms with E-state index in [1.807, 2.05) is 50.4 Å². The van der Waals surface area contributed by atoms with Crippen molar-refractivity contribution in [2.45, 2.75) is 26.3 Å². The van der Waals surface area contributed by atoms with E-state index in [1.165, 1.54) is 0 Å². The van der Waals surface area contributed by atoms with Crippen LogP contribution in [0.25, 0.3) is 5.69 Å². The van der Waals surface area contributed by atoms with Crippen LogP contribution in [-0.2, 0) is 16.0 Å². The number of carbonyl (C=O) groups excluding carboxylic acids is 1. The lowest BCUT2D eigenvalue weighted by atomic mass is 9.96. The van der Waals surface area contributed by atoms with E-state index in [9.17, 15) is 14.7 Å². The standard InChI is InChI=1S/C18H23N3O3S/c1-12(2)15(11-25)17(22)20-16(18(23)24)10-13-4-6-14(7-5-13)21-9-3-8-19-21/h3-9,12,15-16,25H,10-11H2,1-2H3,(H,20,22)(H,23,24)/t15-,16?/m0/s1. The summed E-state index contributed by atoms with van der Waals surface area (Å²) in [5.74, 6) is -1.15. The molecule has 1 aromatic carbocycles. The minimum absolute atomic E-state index is 0.0975. The normalized spacial score (nSPS) is 13.4. The second-order valence-electron chi connectivity index (χ2n) is 6.25. The second kappa shape index (κ2) is 8.71. The Morgan fingerprint density at radius 3 is 2.44 bits per heavy atom. The molecule has 0 saturated carbocycles. The highest BCUT2D eigenvalue weighted by molar-refractivity contribution is 7.80. The van der Waals surface area contributed by atoms with Crippen LogP contribution in [0.2, 0.25) is 0 Å². The molecule has 2 rings (SSSR count). The second-order valence-corrected chi connectivity index (χ2v) is 6.62. The number of carboxylic acid groups (broad SMARTS) is 1. The van der Waals surface area contributed by atoms with Crippen LogP contribution in [0.15, 0.2) is 42.7 Å². The average Bonchev–Trinajstić information content (AvgIpc) is 3.09. The number of aliphatic carboxylic acids is 1. The number of thiol groups is 1. The third kappa shape index (κ3) is 5.09. The van der Waals surface area contributed by atoms with Crippen LogP contribution in [0.1, 0.15) is 19.4 Å². The van der Waals surface area contributed by atoms with E-state index in [1.54, 1.807) is 10.9 Å². The summed E-state index contributed by atoms with van der Waals surface area (Å²) in [6.45, 7) is 3.84. The maximum Gasteiger partial charge on any atom is 0.326 e. The molecule has 1 heterocycles. The van der Waals surface area contributed by atoms with Gasteiger partial charge in [-0.3, -0.25) is 4.79 Å². The van der Waals surface area contributed by atoms with E-state index in [4.69, 9.17) is 0 Å². The van der Waals surface area contributed by atoms with Crippen molar-refractivity contribution < 1.29 is 14.7 Å². The molecule has 0 aliphatic rings. The maximum atomic E-state index is 12.3. The summed E-state index contributed by atoms with van der Waals surface area (Å²) < 4.78 is 1.72. The molecule has 2 atom stereocenters. The van der Waals surface area contributed by atoms with Crippen LogP contribution in [0.5, 0.6) is 0 Å². The fourth-order valence-electron chi connectivity index (χ4n) is 2.52. The molecule has 2 N–H and O–H groups in total. The number of rotatable bonds is 8. The molecule has 2 aromatic rings. The van der Waals surface area contributed by atoms with E-state index in [0.29, 0.717) is 5.75 Å². The summed E-state index contributed by atoms with van der Waals surface area (Å²) in [5, 5.41) is 16.2. The average molecular weight is 361 g/mol. The lowest BCUT2D eigenvalue weighted by molar-refractivity contribution is -0.142. The molecular formula is C18H23N3O3S. The molecule has 1 aromatic heterocycles. The van der Waals surface area contributed by atoms with Crippen molar-refractivity contribution in [3.63, 3.8) is 0 Å². The number of amides is 1. The number of benzene rings is 1. The van der Waals surface area contributed by atoms with Crippen molar-refractivity contribution in [2.24, 2.45) is 11.8 Å². The summed E-state index contributed by atoms with van der Waals surface area (Å²) >= 11 is 4.19. The zero-order chi connectivity index (χ0) is 18.4. The Bertz CT molecular complexity index is 699. The van der Waals surface area contributed by atoms with Crippen molar-refractivity contribution >= 4 is 24.5 Å². The predicted octanol–water partition coefficient (Wildman–Crippen LogP) is 2.19. The summed E-state index contributed by atoms with van der Waals surface area (Å²) in [4.78, 5) is 23.8. The Hall–Kier alpha value is -2.28. The van der Waals surface area contributed by atoms with E-state index < -0.39 is 12.0 Å².